The number of nitrogens with zero attached hydrogens (tertiary/aromatic N) is 1. The molecule has 0 spiro atoms. The molecule has 15 heavy (non-hydrogen) atoms. The monoisotopic (exact) mass is 231 g/mol. The van der Waals surface area contributed by atoms with Crippen molar-refractivity contribution in [2.75, 3.05) is 25.4 Å². The lowest BCUT2D eigenvalue weighted by molar-refractivity contribution is -0.127. The van der Waals surface area contributed by atoms with Crippen molar-refractivity contribution in [3.63, 3.8) is 0 Å². The van der Waals surface area contributed by atoms with E-state index in [0.717, 1.165) is 19.5 Å². The van der Waals surface area contributed by atoms with Crippen molar-refractivity contribution in [2.45, 2.75) is 31.9 Å². The first-order valence-corrected chi connectivity index (χ1v) is 6.43. The van der Waals surface area contributed by atoms with Crippen LogP contribution in [0.1, 0.15) is 27.2 Å². The number of hydrogen-bond acceptors (Lipinski definition) is 3. The molecule has 0 aromatic rings. The molecule has 0 aromatic carbocycles. The molecule has 0 bridgehead atoms. The Balaban J connectivity index is 2.30. The number of hydrogen-bond donors (Lipinski definition) is 1. The Morgan fingerprint density at radius 1 is 1.53 bits per heavy atom. The van der Waals surface area contributed by atoms with Crippen LogP contribution < -0.4 is 0 Å². The molecule has 1 aliphatic rings. The van der Waals surface area contributed by atoms with Crippen LogP contribution in [0.4, 0.5) is 0 Å². The van der Waals surface area contributed by atoms with Gasteiger partial charge in [0.25, 0.3) is 0 Å². The second-order valence-electron chi connectivity index (χ2n) is 5.08. The van der Waals surface area contributed by atoms with Crippen LogP contribution in [0.2, 0.25) is 0 Å². The van der Waals surface area contributed by atoms with Crippen LogP contribution in [0, 0.1) is 5.92 Å². The van der Waals surface area contributed by atoms with Gasteiger partial charge in [0.15, 0.2) is 0 Å². The summed E-state index contributed by atoms with van der Waals surface area (Å²) in [6.45, 7) is 8.10. The van der Waals surface area contributed by atoms with Gasteiger partial charge in [0.05, 0.1) is 5.75 Å². The summed E-state index contributed by atoms with van der Waals surface area (Å²) in [6.07, 6.45) is 0.947. The summed E-state index contributed by atoms with van der Waals surface area (Å²) in [5.41, 5.74) is 0. The maximum atomic E-state index is 11.8. The number of aliphatic hydroxyl groups is 1. The Morgan fingerprint density at radius 3 is 2.67 bits per heavy atom. The van der Waals surface area contributed by atoms with Crippen molar-refractivity contribution in [1.82, 2.24) is 4.90 Å². The maximum absolute atomic E-state index is 11.8. The summed E-state index contributed by atoms with van der Waals surface area (Å²) < 4.78 is 0.145. The van der Waals surface area contributed by atoms with E-state index < -0.39 is 0 Å². The van der Waals surface area contributed by atoms with Gasteiger partial charge in [-0.1, -0.05) is 20.8 Å². The summed E-state index contributed by atoms with van der Waals surface area (Å²) in [4.78, 5) is 13.7. The van der Waals surface area contributed by atoms with Gasteiger partial charge in [-0.05, 0) is 6.42 Å². The SMILES string of the molecule is CC(C)(C)SCC(=O)N1CCC(CO)C1. The first kappa shape index (κ1) is 12.8. The predicted octanol–water partition coefficient (Wildman–Crippen LogP) is 1.36. The third-order valence-electron chi connectivity index (χ3n) is 2.53. The number of likely N-dealkylation sites (tertiary alicyclic amines) is 1. The van der Waals surface area contributed by atoms with Crippen LogP contribution in [-0.2, 0) is 4.79 Å². The van der Waals surface area contributed by atoms with Crippen LogP contribution >= 0.6 is 11.8 Å². The minimum absolute atomic E-state index is 0.145. The first-order chi connectivity index (χ1) is 6.92. The topological polar surface area (TPSA) is 40.5 Å². The molecule has 1 N–H and O–H groups in total. The van der Waals surface area contributed by atoms with Crippen molar-refractivity contribution in [2.24, 2.45) is 5.92 Å². The molecule has 1 heterocycles. The van der Waals surface area contributed by atoms with Crippen molar-refractivity contribution in [1.29, 1.82) is 0 Å². The Bertz CT molecular complexity index is 225. The average molecular weight is 231 g/mol. The zero-order chi connectivity index (χ0) is 11.5. The van der Waals surface area contributed by atoms with E-state index >= 15 is 0 Å². The molecule has 3 nitrogen and oxygen atoms in total. The summed E-state index contributed by atoms with van der Waals surface area (Å²) in [6, 6.07) is 0. The molecule has 1 saturated heterocycles. The van der Waals surface area contributed by atoms with Crippen LogP contribution in [0.5, 0.6) is 0 Å². The van der Waals surface area contributed by atoms with Gasteiger partial charge in [-0.15, -0.1) is 11.8 Å². The van der Waals surface area contributed by atoms with Crippen LogP contribution in [0.3, 0.4) is 0 Å². The highest BCUT2D eigenvalue weighted by atomic mass is 32.2. The minimum Gasteiger partial charge on any atom is -0.396 e. The summed E-state index contributed by atoms with van der Waals surface area (Å²) >= 11 is 1.68. The largest absolute Gasteiger partial charge is 0.396 e. The van der Waals surface area contributed by atoms with E-state index in [1.54, 1.807) is 11.8 Å². The molecule has 0 aromatic heterocycles. The lowest BCUT2D eigenvalue weighted by Crippen LogP contribution is -2.31. The molecule has 0 aliphatic carbocycles. The third kappa shape index (κ3) is 4.43. The molecule has 1 rings (SSSR count). The van der Waals surface area contributed by atoms with E-state index in [0.29, 0.717) is 11.7 Å². The molecule has 1 atom stereocenters. The van der Waals surface area contributed by atoms with Crippen molar-refractivity contribution in [3.05, 3.63) is 0 Å². The molecule has 1 fully saturated rings. The van der Waals surface area contributed by atoms with Crippen LogP contribution in [-0.4, -0.2) is 46.1 Å². The predicted molar refractivity (Wildman–Crippen MR) is 64.0 cm³/mol. The summed E-state index contributed by atoms with van der Waals surface area (Å²) in [5.74, 6) is 1.07. The maximum Gasteiger partial charge on any atom is 0.232 e. The standard InChI is InChI=1S/C11H21NO2S/c1-11(2,3)15-8-10(14)12-5-4-9(6-12)7-13/h9,13H,4-8H2,1-3H3. The van der Waals surface area contributed by atoms with Crippen LogP contribution in [0.15, 0.2) is 0 Å². The zero-order valence-corrected chi connectivity index (χ0v) is 10.6. The fraction of sp³-hybridized carbons (Fsp3) is 0.909. The zero-order valence-electron chi connectivity index (χ0n) is 9.82. The Kier molecular flexibility index (Phi) is 4.46. The van der Waals surface area contributed by atoms with Gasteiger partial charge in [0.2, 0.25) is 5.91 Å². The van der Waals surface area contributed by atoms with Crippen LogP contribution in [0.25, 0.3) is 0 Å². The quantitative estimate of drug-likeness (QED) is 0.797. The lowest BCUT2D eigenvalue weighted by Gasteiger charge is -2.20. The van der Waals surface area contributed by atoms with Gasteiger partial charge < -0.3 is 10.0 Å². The normalized spacial score (nSPS) is 22.1. The van der Waals surface area contributed by atoms with Gasteiger partial charge in [0, 0.05) is 30.4 Å². The number of amides is 1. The highest BCUT2D eigenvalue weighted by Gasteiger charge is 2.26. The molecule has 88 valence electrons. The van der Waals surface area contributed by atoms with Crippen molar-refractivity contribution < 1.29 is 9.90 Å². The van der Waals surface area contributed by atoms with Gasteiger partial charge in [-0.2, -0.15) is 0 Å². The van der Waals surface area contributed by atoms with E-state index in [4.69, 9.17) is 5.11 Å². The number of thioether (sulfide) groups is 1. The molecule has 1 aliphatic heterocycles. The second kappa shape index (κ2) is 5.21. The molecular formula is C11H21NO2S. The van der Waals surface area contributed by atoms with E-state index in [1.807, 2.05) is 4.90 Å². The Morgan fingerprint density at radius 2 is 2.20 bits per heavy atom. The molecule has 1 unspecified atom stereocenters. The fourth-order valence-corrected chi connectivity index (χ4v) is 2.32. The van der Waals surface area contributed by atoms with E-state index in [-0.39, 0.29) is 17.3 Å². The number of aliphatic hydroxyl groups excluding tert-OH is 1. The second-order valence-corrected chi connectivity index (χ2v) is 6.88. The van der Waals surface area contributed by atoms with Gasteiger partial charge in [0.1, 0.15) is 0 Å². The molecule has 1 amide bonds. The number of rotatable bonds is 3. The molecular weight excluding hydrogens is 210 g/mol. The number of carbonyl (C=O) groups excluding carboxylic acids is 1. The van der Waals surface area contributed by atoms with Crippen molar-refractivity contribution in [3.8, 4) is 0 Å². The highest BCUT2D eigenvalue weighted by molar-refractivity contribution is 8.01. The average Bonchev–Trinajstić information content (AvgIpc) is 2.61. The third-order valence-corrected chi connectivity index (χ3v) is 3.78. The van der Waals surface area contributed by atoms with Gasteiger partial charge in [-0.3, -0.25) is 4.79 Å². The number of carbonyl (C=O) groups is 1. The lowest BCUT2D eigenvalue weighted by atomic mass is 10.1. The Labute approximate surface area is 96.2 Å². The smallest absolute Gasteiger partial charge is 0.232 e. The van der Waals surface area contributed by atoms with Gasteiger partial charge >= 0.3 is 0 Å². The molecule has 4 heteroatoms. The van der Waals surface area contributed by atoms with E-state index in [1.165, 1.54) is 0 Å². The minimum atomic E-state index is 0.145. The molecule has 0 radical (unpaired) electrons. The molecule has 0 saturated carbocycles. The van der Waals surface area contributed by atoms with E-state index in [2.05, 4.69) is 20.8 Å². The van der Waals surface area contributed by atoms with Crippen molar-refractivity contribution >= 4 is 17.7 Å². The van der Waals surface area contributed by atoms with E-state index in [9.17, 15) is 4.79 Å². The Hall–Kier alpha value is -0.220. The highest BCUT2D eigenvalue weighted by Crippen LogP contribution is 2.24. The fourth-order valence-electron chi connectivity index (χ4n) is 1.58. The first-order valence-electron chi connectivity index (χ1n) is 5.45. The summed E-state index contributed by atoms with van der Waals surface area (Å²) in [7, 11) is 0. The summed E-state index contributed by atoms with van der Waals surface area (Å²) in [5, 5.41) is 8.98. The van der Waals surface area contributed by atoms with Gasteiger partial charge in [-0.25, -0.2) is 0 Å².